The van der Waals surface area contributed by atoms with Gasteiger partial charge in [0.25, 0.3) is 0 Å². The zero-order chi connectivity index (χ0) is 18.8. The molecule has 0 bridgehead atoms. The average molecular weight is 372 g/mol. The van der Waals surface area contributed by atoms with Crippen LogP contribution in [0.2, 0.25) is 5.02 Å². The van der Waals surface area contributed by atoms with E-state index < -0.39 is 5.82 Å². The summed E-state index contributed by atoms with van der Waals surface area (Å²) in [6, 6.07) is 14.0. The van der Waals surface area contributed by atoms with Crippen LogP contribution in [0.5, 0.6) is 11.5 Å². The molecule has 0 aliphatic heterocycles. The van der Waals surface area contributed by atoms with E-state index in [1.807, 2.05) is 39.0 Å². The van der Waals surface area contributed by atoms with E-state index in [9.17, 15) is 9.18 Å². The summed E-state index contributed by atoms with van der Waals surface area (Å²) < 4.78 is 20.1. The number of hydrogen-bond donors (Lipinski definition) is 1. The van der Waals surface area contributed by atoms with E-state index in [1.54, 1.807) is 30.3 Å². The minimum atomic E-state index is -0.449. The predicted octanol–water partition coefficient (Wildman–Crippen LogP) is 6.06. The van der Waals surface area contributed by atoms with Crippen LogP contribution in [0.15, 0.2) is 53.3 Å². The number of rotatable bonds is 4. The van der Waals surface area contributed by atoms with E-state index in [0.29, 0.717) is 11.3 Å². The highest BCUT2D eigenvalue weighted by Gasteiger charge is 2.15. The summed E-state index contributed by atoms with van der Waals surface area (Å²) >= 11 is 6.12. The maximum Gasteiger partial charge on any atom is 0.248 e. The molecule has 2 aromatic carbocycles. The Morgan fingerprint density at radius 3 is 2.35 bits per heavy atom. The molecular formula is C21H19ClFNO2. The largest absolute Gasteiger partial charge is 0.456 e. The predicted molar refractivity (Wildman–Crippen MR) is 103 cm³/mol. The molecule has 1 heterocycles. The van der Waals surface area contributed by atoms with Crippen molar-refractivity contribution in [1.29, 1.82) is 0 Å². The molecule has 5 heteroatoms. The van der Waals surface area contributed by atoms with Crippen molar-refractivity contribution in [1.82, 2.24) is 4.98 Å². The van der Waals surface area contributed by atoms with Gasteiger partial charge in [-0.3, -0.25) is 4.79 Å². The molecule has 0 radical (unpaired) electrons. The fourth-order valence-corrected chi connectivity index (χ4v) is 2.97. The molecule has 0 fully saturated rings. The second-order valence-corrected chi connectivity index (χ2v) is 6.86. The van der Waals surface area contributed by atoms with Crippen molar-refractivity contribution < 1.29 is 9.13 Å². The smallest absolute Gasteiger partial charge is 0.248 e. The van der Waals surface area contributed by atoms with Crippen LogP contribution >= 0.6 is 11.6 Å². The molecule has 1 aromatic heterocycles. The first kappa shape index (κ1) is 18.2. The number of H-pyrrole nitrogens is 1. The van der Waals surface area contributed by atoms with Crippen LogP contribution in [-0.2, 0) is 0 Å². The summed E-state index contributed by atoms with van der Waals surface area (Å²) in [7, 11) is 0. The fraction of sp³-hybridized carbons (Fsp3) is 0.190. The minimum Gasteiger partial charge on any atom is -0.456 e. The van der Waals surface area contributed by atoms with Crippen LogP contribution in [-0.4, -0.2) is 4.98 Å². The Kier molecular flexibility index (Phi) is 5.14. The van der Waals surface area contributed by atoms with Crippen molar-refractivity contribution >= 4 is 11.6 Å². The molecule has 0 saturated carbocycles. The third-order valence-electron chi connectivity index (χ3n) is 4.09. The number of aryl methyl sites for hydroxylation is 1. The van der Waals surface area contributed by atoms with Crippen LogP contribution in [0.3, 0.4) is 0 Å². The molecule has 1 N–H and O–H groups in total. The van der Waals surface area contributed by atoms with Gasteiger partial charge in [-0.05, 0) is 53.8 Å². The summed E-state index contributed by atoms with van der Waals surface area (Å²) in [5, 5.41) is -0.0227. The summed E-state index contributed by atoms with van der Waals surface area (Å²) in [4.78, 5) is 14.3. The highest BCUT2D eigenvalue weighted by Crippen LogP contribution is 2.35. The quantitative estimate of drug-likeness (QED) is 0.605. The first-order valence-electron chi connectivity index (χ1n) is 8.32. The lowest BCUT2D eigenvalue weighted by molar-refractivity contribution is 0.475. The van der Waals surface area contributed by atoms with Gasteiger partial charge < -0.3 is 9.72 Å². The minimum absolute atomic E-state index is 0.0227. The standard InChI is InChI=1S/C21H19ClFNO2/c1-12(2)17-8-9-18(20(22)21(17)23)26-16-6-4-14(5-7-16)15-10-13(3)24-19(25)11-15/h4-12H,1-3H3,(H,24,25). The van der Waals surface area contributed by atoms with Gasteiger partial charge in [0.1, 0.15) is 22.3 Å². The van der Waals surface area contributed by atoms with Gasteiger partial charge in [-0.15, -0.1) is 0 Å². The van der Waals surface area contributed by atoms with Gasteiger partial charge in [-0.2, -0.15) is 0 Å². The van der Waals surface area contributed by atoms with E-state index >= 15 is 0 Å². The zero-order valence-electron chi connectivity index (χ0n) is 14.8. The van der Waals surface area contributed by atoms with Gasteiger partial charge in [-0.1, -0.05) is 43.6 Å². The maximum atomic E-state index is 14.3. The molecule has 3 aromatic rings. The maximum absolute atomic E-state index is 14.3. The van der Waals surface area contributed by atoms with Crippen molar-refractivity contribution in [3.63, 3.8) is 0 Å². The number of pyridine rings is 1. The zero-order valence-corrected chi connectivity index (χ0v) is 15.5. The van der Waals surface area contributed by atoms with Crippen LogP contribution in [0.4, 0.5) is 4.39 Å². The lowest BCUT2D eigenvalue weighted by Crippen LogP contribution is -2.05. The van der Waals surface area contributed by atoms with Crippen molar-refractivity contribution in [2.75, 3.05) is 0 Å². The number of aromatic nitrogens is 1. The molecule has 3 rings (SSSR count). The molecular weight excluding hydrogens is 353 g/mol. The SMILES string of the molecule is Cc1cc(-c2ccc(Oc3ccc(C(C)C)c(F)c3Cl)cc2)cc(=O)[nH]1. The van der Waals surface area contributed by atoms with Gasteiger partial charge in [0.15, 0.2) is 0 Å². The van der Waals surface area contributed by atoms with E-state index in [-0.39, 0.29) is 22.2 Å². The number of ether oxygens (including phenoxy) is 1. The number of aromatic amines is 1. The Morgan fingerprint density at radius 2 is 1.73 bits per heavy atom. The normalized spacial score (nSPS) is 11.0. The van der Waals surface area contributed by atoms with Crippen LogP contribution in [0, 0.1) is 12.7 Å². The second kappa shape index (κ2) is 7.34. The van der Waals surface area contributed by atoms with Crippen molar-refractivity contribution in [2.24, 2.45) is 0 Å². The topological polar surface area (TPSA) is 42.1 Å². The molecule has 0 amide bonds. The van der Waals surface area contributed by atoms with E-state index in [0.717, 1.165) is 16.8 Å². The van der Waals surface area contributed by atoms with Crippen molar-refractivity contribution in [3.8, 4) is 22.6 Å². The number of hydrogen-bond acceptors (Lipinski definition) is 2. The van der Waals surface area contributed by atoms with E-state index in [4.69, 9.17) is 16.3 Å². The number of nitrogens with one attached hydrogen (secondary N) is 1. The Balaban J connectivity index is 1.86. The van der Waals surface area contributed by atoms with Gasteiger partial charge >= 0.3 is 0 Å². The molecule has 0 spiro atoms. The Bertz CT molecular complexity index is 994. The third kappa shape index (κ3) is 3.81. The summed E-state index contributed by atoms with van der Waals surface area (Å²) in [6.07, 6.45) is 0. The van der Waals surface area contributed by atoms with Gasteiger partial charge in [-0.25, -0.2) is 4.39 Å². The Labute approximate surface area is 156 Å². The van der Waals surface area contributed by atoms with Crippen LogP contribution < -0.4 is 10.3 Å². The molecule has 26 heavy (non-hydrogen) atoms. The second-order valence-electron chi connectivity index (χ2n) is 6.48. The third-order valence-corrected chi connectivity index (χ3v) is 4.45. The van der Waals surface area contributed by atoms with Gasteiger partial charge in [0, 0.05) is 11.8 Å². The van der Waals surface area contributed by atoms with Crippen LogP contribution in [0.1, 0.15) is 31.0 Å². The average Bonchev–Trinajstić information content (AvgIpc) is 2.58. The number of benzene rings is 2. The highest BCUT2D eigenvalue weighted by molar-refractivity contribution is 6.32. The summed E-state index contributed by atoms with van der Waals surface area (Å²) in [5.41, 5.74) is 2.91. The monoisotopic (exact) mass is 371 g/mol. The molecule has 134 valence electrons. The van der Waals surface area contributed by atoms with E-state index in [2.05, 4.69) is 4.98 Å². The molecule has 0 aliphatic rings. The Morgan fingerprint density at radius 1 is 1.04 bits per heavy atom. The molecule has 0 unspecified atom stereocenters. The fourth-order valence-electron chi connectivity index (χ4n) is 2.76. The van der Waals surface area contributed by atoms with Crippen molar-refractivity contribution in [3.05, 3.63) is 81.0 Å². The number of halogens is 2. The molecule has 0 aliphatic carbocycles. The first-order chi connectivity index (χ1) is 12.3. The summed E-state index contributed by atoms with van der Waals surface area (Å²) in [5.74, 6) is 0.398. The highest BCUT2D eigenvalue weighted by atomic mass is 35.5. The Hall–Kier alpha value is -2.59. The molecule has 0 atom stereocenters. The van der Waals surface area contributed by atoms with Crippen molar-refractivity contribution in [2.45, 2.75) is 26.7 Å². The van der Waals surface area contributed by atoms with Gasteiger partial charge in [0.2, 0.25) is 5.56 Å². The van der Waals surface area contributed by atoms with Gasteiger partial charge in [0.05, 0.1) is 0 Å². The lowest BCUT2D eigenvalue weighted by Gasteiger charge is -2.13. The summed E-state index contributed by atoms with van der Waals surface area (Å²) in [6.45, 7) is 5.65. The van der Waals surface area contributed by atoms with E-state index in [1.165, 1.54) is 0 Å². The van der Waals surface area contributed by atoms with Crippen LogP contribution in [0.25, 0.3) is 11.1 Å². The lowest BCUT2D eigenvalue weighted by atomic mass is 10.0. The first-order valence-corrected chi connectivity index (χ1v) is 8.70. The molecule has 3 nitrogen and oxygen atoms in total. The molecule has 0 saturated heterocycles.